The third kappa shape index (κ3) is 5.09. The molecule has 0 aliphatic carbocycles. The molecule has 0 spiro atoms. The van der Waals surface area contributed by atoms with Crippen LogP contribution in [-0.2, 0) is 4.79 Å². The Balaban J connectivity index is 1.43. The first-order valence-corrected chi connectivity index (χ1v) is 15.0. The molecule has 0 saturated heterocycles. The zero-order valence-corrected chi connectivity index (χ0v) is 24.5. The number of fused-ring (bicyclic) bond motifs is 2. The molecule has 42 heavy (non-hydrogen) atoms. The molecule has 4 aromatic carbocycles. The zero-order chi connectivity index (χ0) is 29.1. The van der Waals surface area contributed by atoms with Crippen molar-refractivity contribution >= 4 is 40.8 Å². The van der Waals surface area contributed by atoms with Gasteiger partial charge in [0.1, 0.15) is 11.1 Å². The molecule has 0 atom stereocenters. The van der Waals surface area contributed by atoms with Gasteiger partial charge in [-0.15, -0.1) is 0 Å². The number of pyridine rings is 1. The van der Waals surface area contributed by atoms with Crippen molar-refractivity contribution in [2.24, 2.45) is 0 Å². The quantitative estimate of drug-likeness (QED) is 0.178. The molecule has 206 valence electrons. The summed E-state index contributed by atoms with van der Waals surface area (Å²) >= 11 is 2.91. The highest BCUT2D eigenvalue weighted by Gasteiger charge is 2.28. The molecule has 0 bridgehead atoms. The Kier molecular flexibility index (Phi) is 7.87. The monoisotopic (exact) mass is 587 g/mol. The van der Waals surface area contributed by atoms with Crippen LogP contribution in [0.3, 0.4) is 0 Å². The van der Waals surface area contributed by atoms with Gasteiger partial charge >= 0.3 is 0 Å². The van der Waals surface area contributed by atoms with E-state index in [0.717, 1.165) is 26.7 Å². The van der Waals surface area contributed by atoms with Gasteiger partial charge in [0.2, 0.25) is 5.91 Å². The molecule has 0 radical (unpaired) electrons. The number of carbonyl (C=O) groups excluding carboxylic acids is 1. The number of ether oxygens (including phenoxy) is 2. The third-order valence-electron chi connectivity index (χ3n) is 6.87. The lowest BCUT2D eigenvalue weighted by atomic mass is 9.98. The van der Waals surface area contributed by atoms with Gasteiger partial charge in [0.15, 0.2) is 11.5 Å². The van der Waals surface area contributed by atoms with Crippen molar-refractivity contribution in [3.05, 3.63) is 109 Å². The highest BCUT2D eigenvalue weighted by molar-refractivity contribution is 8.00. The van der Waals surface area contributed by atoms with Gasteiger partial charge in [-0.2, -0.15) is 5.26 Å². The van der Waals surface area contributed by atoms with Crippen LogP contribution in [0.25, 0.3) is 22.4 Å². The van der Waals surface area contributed by atoms with Crippen molar-refractivity contribution in [3.63, 3.8) is 0 Å². The molecule has 6 nitrogen and oxygen atoms in total. The number of anilines is 2. The van der Waals surface area contributed by atoms with Crippen LogP contribution in [0.4, 0.5) is 11.4 Å². The third-order valence-corrected chi connectivity index (χ3v) is 8.97. The Morgan fingerprint density at radius 1 is 0.857 bits per heavy atom. The van der Waals surface area contributed by atoms with Crippen molar-refractivity contribution in [1.82, 2.24) is 4.98 Å². The number of benzene rings is 4. The van der Waals surface area contributed by atoms with E-state index < -0.39 is 0 Å². The number of methoxy groups -OCH3 is 2. The highest BCUT2D eigenvalue weighted by Crippen LogP contribution is 2.48. The van der Waals surface area contributed by atoms with Crippen LogP contribution in [0.5, 0.6) is 11.5 Å². The number of aromatic nitrogens is 1. The lowest BCUT2D eigenvalue weighted by molar-refractivity contribution is -0.115. The molecule has 6 rings (SSSR count). The number of hydrogen-bond acceptors (Lipinski definition) is 7. The Morgan fingerprint density at radius 3 is 2.17 bits per heavy atom. The van der Waals surface area contributed by atoms with Crippen LogP contribution in [0.1, 0.15) is 5.56 Å². The molecule has 5 aromatic rings. The molecule has 8 heteroatoms. The molecule has 1 aliphatic heterocycles. The first kappa shape index (κ1) is 27.5. The molecule has 2 heterocycles. The Labute approximate surface area is 252 Å². The summed E-state index contributed by atoms with van der Waals surface area (Å²) in [5, 5.41) is 10.9. The summed E-state index contributed by atoms with van der Waals surface area (Å²) in [6, 6.07) is 35.4. The average molecular weight is 588 g/mol. The minimum atomic E-state index is -0.100. The van der Waals surface area contributed by atoms with E-state index in [9.17, 15) is 10.1 Å². The number of nitrogens with zero attached hydrogens (tertiary/aromatic N) is 3. The Hall–Kier alpha value is -4.71. The maximum absolute atomic E-state index is 13.9. The summed E-state index contributed by atoms with van der Waals surface area (Å²) in [4.78, 5) is 22.6. The number of hydrogen-bond donors (Lipinski definition) is 0. The summed E-state index contributed by atoms with van der Waals surface area (Å²) in [6.07, 6.45) is 0. The molecule has 0 unspecified atom stereocenters. The minimum Gasteiger partial charge on any atom is -0.493 e. The molecule has 1 aliphatic rings. The van der Waals surface area contributed by atoms with Crippen molar-refractivity contribution in [2.45, 2.75) is 14.8 Å². The molecule has 0 saturated carbocycles. The van der Waals surface area contributed by atoms with Crippen LogP contribution in [0, 0.1) is 11.3 Å². The molecule has 0 fully saturated rings. The number of para-hydroxylation sites is 3. The van der Waals surface area contributed by atoms with Gasteiger partial charge in [0, 0.05) is 26.5 Å². The molecule has 1 aromatic heterocycles. The van der Waals surface area contributed by atoms with Crippen molar-refractivity contribution in [1.29, 1.82) is 5.26 Å². The van der Waals surface area contributed by atoms with E-state index in [1.165, 1.54) is 11.8 Å². The van der Waals surface area contributed by atoms with Gasteiger partial charge in [0.05, 0.1) is 42.6 Å². The van der Waals surface area contributed by atoms with Crippen molar-refractivity contribution in [3.8, 4) is 40.0 Å². The van der Waals surface area contributed by atoms with E-state index in [2.05, 4.69) is 6.07 Å². The zero-order valence-electron chi connectivity index (χ0n) is 22.9. The maximum Gasteiger partial charge on any atom is 0.242 e. The number of nitriles is 1. The van der Waals surface area contributed by atoms with Crippen LogP contribution < -0.4 is 14.4 Å². The fraction of sp³-hybridized carbons (Fsp3) is 0.0882. The second-order valence-electron chi connectivity index (χ2n) is 9.31. The SMILES string of the molecule is COc1cccc(-c2cc(-c3ccccc3)nc(SCC(=O)N3c4ccccc4Sc4ccccc43)c2C#N)c1OC. The summed E-state index contributed by atoms with van der Waals surface area (Å²) in [7, 11) is 3.16. The second kappa shape index (κ2) is 12.0. The molecular formula is C34H25N3O3S2. The van der Waals surface area contributed by atoms with E-state index in [0.29, 0.717) is 38.9 Å². The van der Waals surface area contributed by atoms with Crippen LogP contribution in [-0.4, -0.2) is 30.9 Å². The van der Waals surface area contributed by atoms with E-state index in [1.54, 1.807) is 30.9 Å². The predicted octanol–water partition coefficient (Wildman–Crippen LogP) is 8.23. The van der Waals surface area contributed by atoms with Crippen molar-refractivity contribution < 1.29 is 14.3 Å². The standard InChI is InChI=1S/C34H25N3O3S2/c1-39-29-16-10-13-23(33(29)40-2)24-19-26(22-11-4-3-5-12-22)36-34(25(24)20-35)41-21-32(38)37-27-14-6-8-17-30(27)42-31-18-9-7-15-28(31)37/h3-19H,21H2,1-2H3. The van der Waals surface area contributed by atoms with Crippen molar-refractivity contribution in [2.75, 3.05) is 24.9 Å². The van der Waals surface area contributed by atoms with Gasteiger partial charge in [-0.05, 0) is 36.4 Å². The topological polar surface area (TPSA) is 75.5 Å². The van der Waals surface area contributed by atoms with E-state index in [1.807, 2.05) is 103 Å². The first-order chi connectivity index (χ1) is 20.6. The van der Waals surface area contributed by atoms with Gasteiger partial charge in [-0.25, -0.2) is 4.98 Å². The number of amides is 1. The molecule has 0 N–H and O–H groups in total. The van der Waals surface area contributed by atoms with Gasteiger partial charge in [-0.3, -0.25) is 9.69 Å². The number of rotatable bonds is 7. The van der Waals surface area contributed by atoms with Gasteiger partial charge in [-0.1, -0.05) is 90.3 Å². The highest BCUT2D eigenvalue weighted by atomic mass is 32.2. The minimum absolute atomic E-state index is 0.0853. The van der Waals surface area contributed by atoms with Gasteiger partial charge < -0.3 is 9.47 Å². The second-order valence-corrected chi connectivity index (χ2v) is 11.4. The van der Waals surface area contributed by atoms with E-state index in [4.69, 9.17) is 14.5 Å². The predicted molar refractivity (Wildman–Crippen MR) is 168 cm³/mol. The fourth-order valence-corrected chi connectivity index (χ4v) is 6.88. The van der Waals surface area contributed by atoms with Crippen LogP contribution in [0.15, 0.2) is 118 Å². The van der Waals surface area contributed by atoms with Gasteiger partial charge in [0.25, 0.3) is 0 Å². The summed E-state index contributed by atoms with van der Waals surface area (Å²) < 4.78 is 11.3. The van der Waals surface area contributed by atoms with Crippen LogP contribution in [0.2, 0.25) is 0 Å². The summed E-state index contributed by atoms with van der Waals surface area (Å²) in [6.45, 7) is 0. The normalized spacial score (nSPS) is 11.7. The smallest absolute Gasteiger partial charge is 0.242 e. The Bertz CT molecular complexity index is 1790. The number of thioether (sulfide) groups is 1. The largest absolute Gasteiger partial charge is 0.493 e. The van der Waals surface area contributed by atoms with E-state index >= 15 is 0 Å². The maximum atomic E-state index is 13.9. The van der Waals surface area contributed by atoms with E-state index in [-0.39, 0.29) is 11.7 Å². The molecule has 1 amide bonds. The summed E-state index contributed by atoms with van der Waals surface area (Å²) in [5.74, 6) is 1.06. The lowest BCUT2D eigenvalue weighted by Crippen LogP contribution is -2.30. The lowest BCUT2D eigenvalue weighted by Gasteiger charge is -2.31. The van der Waals surface area contributed by atoms with Crippen LogP contribution >= 0.6 is 23.5 Å². The Morgan fingerprint density at radius 2 is 1.52 bits per heavy atom. The average Bonchev–Trinajstić information content (AvgIpc) is 3.05. The first-order valence-electron chi connectivity index (χ1n) is 13.2. The summed E-state index contributed by atoms with van der Waals surface area (Å²) in [5.41, 5.74) is 5.01. The number of carbonyl (C=O) groups is 1. The molecular weight excluding hydrogens is 563 g/mol. The fourth-order valence-electron chi connectivity index (χ4n) is 4.97.